The van der Waals surface area contributed by atoms with E-state index in [0.29, 0.717) is 63.0 Å². The van der Waals surface area contributed by atoms with Gasteiger partial charge in [-0.2, -0.15) is 0 Å². The molecule has 13 heteroatoms. The molecule has 2 fully saturated rings. The van der Waals surface area contributed by atoms with E-state index in [1.54, 1.807) is 36.8 Å². The summed E-state index contributed by atoms with van der Waals surface area (Å²) in [6.45, 7) is 3.45. The van der Waals surface area contributed by atoms with Crippen LogP contribution >= 0.6 is 22.7 Å². The number of hydrogen-bond acceptors (Lipinski definition) is 10. The fraction of sp³-hybridized carbons (Fsp3) is 0.442. The van der Waals surface area contributed by atoms with Crippen molar-refractivity contribution in [2.75, 3.05) is 25.5 Å². The lowest BCUT2D eigenvalue weighted by Crippen LogP contribution is -2.50. The number of aliphatic hydroxyl groups excluding tert-OH is 2. The fourth-order valence-electron chi connectivity index (χ4n) is 11.7. The number of H-pyrrole nitrogens is 1. The van der Waals surface area contributed by atoms with Gasteiger partial charge in [-0.3, -0.25) is 9.79 Å². The predicted molar refractivity (Wildman–Crippen MR) is 258 cm³/mol. The number of nitrogens with zero attached hydrogens (tertiary/aromatic N) is 2. The average molecular weight is 911 g/mol. The quantitative estimate of drug-likeness (QED) is 0.0354. The van der Waals surface area contributed by atoms with E-state index in [0.717, 1.165) is 59.4 Å². The molecule has 0 radical (unpaired) electrons. The van der Waals surface area contributed by atoms with Crippen LogP contribution in [0.15, 0.2) is 72.1 Å². The van der Waals surface area contributed by atoms with Crippen molar-refractivity contribution in [3.8, 4) is 39.2 Å². The second kappa shape index (κ2) is 18.5. The van der Waals surface area contributed by atoms with E-state index in [9.17, 15) is 20.4 Å². The molecular weight excluding hydrogens is 853 g/mol. The minimum atomic E-state index is -1.18. The largest absolute Gasteiger partial charge is 0.508 e. The number of phenolic OH excluding ortho intramolecular Hbond substituents is 1. The van der Waals surface area contributed by atoms with E-state index in [1.807, 2.05) is 38.2 Å². The van der Waals surface area contributed by atoms with Gasteiger partial charge in [-0.25, -0.2) is 4.98 Å². The molecule has 2 saturated carbocycles. The lowest BCUT2D eigenvalue weighted by molar-refractivity contribution is 0.0134. The van der Waals surface area contributed by atoms with E-state index in [2.05, 4.69) is 73.5 Å². The van der Waals surface area contributed by atoms with Gasteiger partial charge in [-0.1, -0.05) is 36.0 Å². The van der Waals surface area contributed by atoms with Crippen molar-refractivity contribution < 1.29 is 25.2 Å². The van der Waals surface area contributed by atoms with Gasteiger partial charge < -0.3 is 41.8 Å². The normalized spacial score (nSPS) is 27.8. The minimum Gasteiger partial charge on any atom is -0.508 e. The maximum atomic E-state index is 15.3. The number of fused-ring (bicyclic) bond motifs is 6. The zero-order valence-electron chi connectivity index (χ0n) is 37.2. The Hall–Kier alpha value is -5.41. The highest BCUT2D eigenvalue weighted by Crippen LogP contribution is 2.62. The lowest BCUT2D eigenvalue weighted by atomic mass is 9.58. The standard InChI is InChI=1S/C52H58N6O5S2/c1-4-6-37-11-14-46(64-37)47-15-16-48(65-47)49(62)42-13-10-33-23-52(42)24-40(41(25-52)45(61)27-59)31-9-12-38-34(19-43(33)58-50(53)54-3)18-36(60)21-44(38)56-28-51(2,63)22-32-8-5-7-30(17-31)39(32)20-35-26-55-29-57-35/h5,7-8,11,14-16,18,21,26,29,31,33,40-43,45,56,59-61,63H,10,13,17,19-20,22-25,27-28H2,1-3H3,(H,55,57)(H3,53,54,58)/t31-,33+,40+,41-,42+,43+,45-,51+,52-/m1/s1. The number of Topliss-reactive ketones (excluding diaryl/α,β-unsaturated/α-hetero) is 1. The second-order valence-corrected chi connectivity index (χ2v) is 21.2. The van der Waals surface area contributed by atoms with Gasteiger partial charge in [0.05, 0.1) is 45.6 Å². The Labute approximate surface area is 389 Å². The highest BCUT2D eigenvalue weighted by Gasteiger charge is 2.58. The number of thiophene rings is 2. The van der Waals surface area contributed by atoms with Gasteiger partial charge in [0, 0.05) is 72.0 Å². The Morgan fingerprint density at radius 2 is 1.89 bits per heavy atom. The summed E-state index contributed by atoms with van der Waals surface area (Å²) in [7, 11) is 1.66. The first-order chi connectivity index (χ1) is 31.4. The molecule has 2 aromatic carbocycles. The molecule has 0 amide bonds. The Bertz CT molecular complexity index is 2720. The SMILES string of the molecule is CC#Cc1ccc(-c2ccc(C(=O)[C@@H]3CC[C@H]4C[C@@]35C[C@@H]([C@H](O)CO)[C@@H](C5)[C@@H]3C#Cc5c(cc(O)cc5NC[C@@](C)(O)Cc5cccc(c5Cc5cnc[nH]5)C3)C[C@@H]4NC(N)=NC)s2)s1. The zero-order chi connectivity index (χ0) is 45.5. The first-order valence-electron chi connectivity index (χ1n) is 22.7. The highest BCUT2D eigenvalue weighted by atomic mass is 32.1. The summed E-state index contributed by atoms with van der Waals surface area (Å²) < 4.78 is 0. The van der Waals surface area contributed by atoms with Crippen molar-refractivity contribution in [1.82, 2.24) is 15.3 Å². The first-order valence-corrected chi connectivity index (χ1v) is 24.3. The molecule has 1 spiro atoms. The molecule has 9 atom stereocenters. The zero-order valence-corrected chi connectivity index (χ0v) is 38.8. The van der Waals surface area contributed by atoms with Gasteiger partial charge in [-0.05, 0) is 135 Å². The number of rotatable bonds is 8. The Morgan fingerprint density at radius 3 is 2.68 bits per heavy atom. The molecule has 65 heavy (non-hydrogen) atoms. The molecule has 5 aromatic rings. The number of ketones is 1. The summed E-state index contributed by atoms with van der Waals surface area (Å²) in [5.74, 6) is 12.9. The topological polar surface area (TPSA) is 189 Å². The van der Waals surface area contributed by atoms with Gasteiger partial charge in [-0.15, -0.1) is 28.6 Å². The third-order valence-electron chi connectivity index (χ3n) is 14.7. The number of carbonyl (C=O) groups excluding carboxylic acids is 1. The molecule has 11 nitrogen and oxygen atoms in total. The van der Waals surface area contributed by atoms with Gasteiger partial charge in [0.2, 0.25) is 0 Å². The molecule has 3 aromatic heterocycles. The number of aromatic hydroxyl groups is 1. The summed E-state index contributed by atoms with van der Waals surface area (Å²) >= 11 is 3.16. The number of imidazole rings is 1. The van der Waals surface area contributed by atoms with Crippen molar-refractivity contribution in [2.24, 2.45) is 45.7 Å². The van der Waals surface area contributed by atoms with Gasteiger partial charge >= 0.3 is 0 Å². The van der Waals surface area contributed by atoms with Crippen LogP contribution in [0.2, 0.25) is 0 Å². The average Bonchev–Trinajstić information content (AvgIpc) is 4.13. The lowest BCUT2D eigenvalue weighted by Gasteiger charge is -2.47. The smallest absolute Gasteiger partial charge is 0.188 e. The number of aromatic nitrogens is 2. The first kappa shape index (κ1) is 44.8. The fourth-order valence-corrected chi connectivity index (χ4v) is 13.7. The molecule has 338 valence electrons. The van der Waals surface area contributed by atoms with Crippen LogP contribution in [0.1, 0.15) is 94.0 Å². The van der Waals surface area contributed by atoms with Crippen molar-refractivity contribution in [3.05, 3.63) is 110 Å². The number of aliphatic imine (C=N–C) groups is 1. The van der Waals surface area contributed by atoms with Crippen LogP contribution in [0.25, 0.3) is 9.75 Å². The van der Waals surface area contributed by atoms with Crippen molar-refractivity contribution in [2.45, 2.75) is 89.4 Å². The van der Waals surface area contributed by atoms with Crippen LogP contribution in [-0.4, -0.2) is 80.1 Å². The second-order valence-electron chi connectivity index (χ2n) is 19.0. The van der Waals surface area contributed by atoms with Crippen LogP contribution in [0.3, 0.4) is 0 Å². The van der Waals surface area contributed by atoms with Crippen LogP contribution < -0.4 is 16.4 Å². The third kappa shape index (κ3) is 9.23. The van der Waals surface area contributed by atoms with E-state index in [4.69, 9.17) is 5.73 Å². The minimum absolute atomic E-state index is 0.0334. The number of nitrogens with one attached hydrogen (secondary N) is 3. The van der Waals surface area contributed by atoms with E-state index in [1.165, 1.54) is 11.3 Å². The van der Waals surface area contributed by atoms with Crippen molar-refractivity contribution in [1.29, 1.82) is 0 Å². The number of guanidine groups is 1. The van der Waals surface area contributed by atoms with Gasteiger partial charge in [0.15, 0.2) is 11.7 Å². The van der Waals surface area contributed by atoms with Gasteiger partial charge in [0.25, 0.3) is 0 Å². The number of benzene rings is 2. The van der Waals surface area contributed by atoms with Crippen LogP contribution in [-0.2, 0) is 25.7 Å². The number of phenols is 1. The summed E-state index contributed by atoms with van der Waals surface area (Å²) in [5.41, 5.74) is 11.1. The van der Waals surface area contributed by atoms with Crippen LogP contribution in [0.5, 0.6) is 5.75 Å². The predicted octanol–water partition coefficient (Wildman–Crippen LogP) is 6.92. The molecule has 9 N–H and O–H groups in total. The molecule has 4 heterocycles. The monoisotopic (exact) mass is 910 g/mol. The van der Waals surface area contributed by atoms with Crippen molar-refractivity contribution in [3.63, 3.8) is 0 Å². The van der Waals surface area contributed by atoms with Gasteiger partial charge in [0.1, 0.15) is 5.75 Å². The Balaban J connectivity index is 1.21. The summed E-state index contributed by atoms with van der Waals surface area (Å²) in [5, 5.41) is 53.2. The maximum absolute atomic E-state index is 15.3. The molecular formula is C52H58N6O5S2. The van der Waals surface area contributed by atoms with E-state index >= 15 is 4.79 Å². The highest BCUT2D eigenvalue weighted by molar-refractivity contribution is 7.23. The van der Waals surface area contributed by atoms with E-state index < -0.39 is 23.7 Å². The van der Waals surface area contributed by atoms with Crippen LogP contribution in [0.4, 0.5) is 5.69 Å². The summed E-state index contributed by atoms with van der Waals surface area (Å²) in [4.78, 5) is 31.0. The number of aromatic amines is 1. The molecule has 0 unspecified atom stereocenters. The maximum Gasteiger partial charge on any atom is 0.188 e. The number of aliphatic hydroxyl groups is 3. The molecule has 1 aliphatic heterocycles. The van der Waals surface area contributed by atoms with Crippen LogP contribution in [0, 0.1) is 58.7 Å². The Kier molecular flexibility index (Phi) is 12.7. The molecule has 0 saturated heterocycles. The molecule has 9 rings (SSSR count). The number of hydrogen-bond donors (Lipinski definition) is 8. The number of β-amino-alcohol motifs (C(OH)–C–C–N with tert-alkyl or cyclic N) is 1. The molecule has 7 bridgehead atoms. The number of nitrogens with two attached hydrogens (primary N) is 1. The molecule has 4 aliphatic rings. The number of anilines is 1. The van der Waals surface area contributed by atoms with Crippen molar-refractivity contribution >= 4 is 40.1 Å². The summed E-state index contributed by atoms with van der Waals surface area (Å²) in [6, 6.07) is 17.6. The third-order valence-corrected chi connectivity index (χ3v) is 17.0. The Morgan fingerprint density at radius 1 is 1.08 bits per heavy atom. The molecule has 3 aliphatic carbocycles. The van der Waals surface area contributed by atoms with E-state index in [-0.39, 0.29) is 53.7 Å². The summed E-state index contributed by atoms with van der Waals surface area (Å²) in [6.07, 6.45) is 7.71. The number of carbonyl (C=O) groups is 1.